The summed E-state index contributed by atoms with van der Waals surface area (Å²) in [4.78, 5) is 25.5. The van der Waals surface area contributed by atoms with E-state index in [1.165, 1.54) is 18.2 Å². The summed E-state index contributed by atoms with van der Waals surface area (Å²) < 4.78 is 15.6. The van der Waals surface area contributed by atoms with E-state index in [-0.39, 0.29) is 18.2 Å². The molecule has 1 spiro atoms. The average molecular weight is 397 g/mol. The summed E-state index contributed by atoms with van der Waals surface area (Å²) >= 11 is 6.25. The fraction of sp³-hybridized carbons (Fsp3) is 0.150. The Balaban J connectivity index is 1.67. The number of amides is 2. The van der Waals surface area contributed by atoms with Gasteiger partial charge in [-0.25, -0.2) is 9.07 Å². The summed E-state index contributed by atoms with van der Waals surface area (Å²) in [6.45, 7) is 0.322. The predicted molar refractivity (Wildman–Crippen MR) is 102 cm³/mol. The van der Waals surface area contributed by atoms with Gasteiger partial charge in [0.25, 0.3) is 0 Å². The lowest BCUT2D eigenvalue weighted by atomic mass is 9.72. The number of carbonyl (C=O) groups excluding carboxylic acids is 2. The van der Waals surface area contributed by atoms with E-state index < -0.39 is 11.2 Å². The van der Waals surface area contributed by atoms with Gasteiger partial charge >= 0.3 is 0 Å². The second kappa shape index (κ2) is 5.90. The van der Waals surface area contributed by atoms with Crippen LogP contribution in [-0.4, -0.2) is 21.6 Å². The molecule has 0 bridgehead atoms. The molecule has 5 rings (SSSR count). The van der Waals surface area contributed by atoms with Crippen LogP contribution < -0.4 is 10.6 Å². The fourth-order valence-corrected chi connectivity index (χ4v) is 4.22. The molecule has 1 atom stereocenters. The molecule has 3 aromatic rings. The Morgan fingerprint density at radius 3 is 2.79 bits per heavy atom. The van der Waals surface area contributed by atoms with E-state index in [9.17, 15) is 14.0 Å². The second-order valence-corrected chi connectivity index (χ2v) is 7.34. The highest BCUT2D eigenvalue weighted by Crippen LogP contribution is 2.50. The van der Waals surface area contributed by atoms with Crippen LogP contribution in [0.1, 0.15) is 23.1 Å². The molecule has 140 valence electrons. The first kappa shape index (κ1) is 16.9. The molecular weight excluding hydrogens is 383 g/mol. The molecule has 0 unspecified atom stereocenters. The molecule has 28 heavy (non-hydrogen) atoms. The monoisotopic (exact) mass is 396 g/mol. The number of fused-ring (bicyclic) bond motifs is 4. The standard InChI is InChI=1S/C20H14ClFN4O2/c21-15-4-2-1-3-11(15)10-26-18-14(9-23-26)20(8-17(27)25-18)13-7-12(22)5-6-16(13)24-19(20)28/h1-7,9H,8,10H2,(H,24,28)(H,25,27)/t20-/m1/s1. The topological polar surface area (TPSA) is 76.0 Å². The number of aromatic nitrogens is 2. The fourth-order valence-electron chi connectivity index (χ4n) is 4.02. The minimum absolute atomic E-state index is 0.111. The van der Waals surface area contributed by atoms with Crippen LogP contribution in [-0.2, 0) is 21.5 Å². The van der Waals surface area contributed by atoms with E-state index in [2.05, 4.69) is 15.7 Å². The van der Waals surface area contributed by atoms with Gasteiger partial charge in [-0.3, -0.25) is 9.59 Å². The number of nitrogens with zero attached hydrogens (tertiary/aromatic N) is 2. The Morgan fingerprint density at radius 1 is 1.14 bits per heavy atom. The van der Waals surface area contributed by atoms with E-state index in [0.29, 0.717) is 34.2 Å². The van der Waals surface area contributed by atoms with Crippen molar-refractivity contribution in [2.45, 2.75) is 18.4 Å². The molecule has 2 amide bonds. The number of hydrogen-bond acceptors (Lipinski definition) is 3. The summed E-state index contributed by atoms with van der Waals surface area (Å²) in [6, 6.07) is 11.4. The number of rotatable bonds is 2. The van der Waals surface area contributed by atoms with Crippen LogP contribution in [0.5, 0.6) is 0 Å². The number of nitrogens with one attached hydrogen (secondary N) is 2. The van der Waals surface area contributed by atoms with Crippen LogP contribution in [0, 0.1) is 5.82 Å². The number of benzene rings is 2. The van der Waals surface area contributed by atoms with Gasteiger partial charge < -0.3 is 10.6 Å². The third-order valence-corrected chi connectivity index (χ3v) is 5.71. The SMILES string of the molecule is O=C1C[C@]2(C(=O)Nc3ccc(F)cc32)c2cnn(Cc3ccccc3Cl)c2N1. The van der Waals surface area contributed by atoms with Gasteiger partial charge in [0.15, 0.2) is 0 Å². The van der Waals surface area contributed by atoms with Gasteiger partial charge in [-0.2, -0.15) is 5.10 Å². The zero-order valence-corrected chi connectivity index (χ0v) is 15.3. The molecule has 3 heterocycles. The summed E-state index contributed by atoms with van der Waals surface area (Å²) in [7, 11) is 0. The van der Waals surface area contributed by atoms with Crippen molar-refractivity contribution >= 4 is 34.9 Å². The van der Waals surface area contributed by atoms with E-state index in [1.807, 2.05) is 18.2 Å². The lowest BCUT2D eigenvalue weighted by Gasteiger charge is -2.31. The zero-order valence-electron chi connectivity index (χ0n) is 14.5. The molecule has 8 heteroatoms. The van der Waals surface area contributed by atoms with Crippen LogP contribution >= 0.6 is 11.6 Å². The van der Waals surface area contributed by atoms with Crippen LogP contribution in [0.25, 0.3) is 0 Å². The first-order valence-electron chi connectivity index (χ1n) is 8.70. The highest BCUT2D eigenvalue weighted by atomic mass is 35.5. The third-order valence-electron chi connectivity index (χ3n) is 5.34. The largest absolute Gasteiger partial charge is 0.325 e. The maximum atomic E-state index is 14.0. The number of anilines is 2. The lowest BCUT2D eigenvalue weighted by molar-refractivity contribution is -0.125. The summed E-state index contributed by atoms with van der Waals surface area (Å²) in [5, 5.41) is 10.5. The summed E-state index contributed by atoms with van der Waals surface area (Å²) in [5.41, 5.74) is 1.03. The Hall–Kier alpha value is -3.19. The van der Waals surface area contributed by atoms with E-state index in [1.54, 1.807) is 16.9 Å². The van der Waals surface area contributed by atoms with Crippen molar-refractivity contribution in [3.8, 4) is 0 Å². The van der Waals surface area contributed by atoms with Crippen molar-refractivity contribution in [1.29, 1.82) is 0 Å². The van der Waals surface area contributed by atoms with Crippen LogP contribution in [0.15, 0.2) is 48.7 Å². The molecule has 0 fully saturated rings. The molecular formula is C20H14ClFN4O2. The van der Waals surface area contributed by atoms with E-state index in [0.717, 1.165) is 5.56 Å². The maximum absolute atomic E-state index is 14.0. The van der Waals surface area contributed by atoms with Crippen molar-refractivity contribution in [2.24, 2.45) is 0 Å². The first-order chi connectivity index (χ1) is 13.5. The quantitative estimate of drug-likeness (QED) is 0.697. The van der Waals surface area contributed by atoms with Gasteiger partial charge in [0, 0.05) is 22.7 Å². The van der Waals surface area contributed by atoms with Crippen molar-refractivity contribution in [2.75, 3.05) is 10.6 Å². The Kier molecular flexibility index (Phi) is 3.57. The molecule has 0 radical (unpaired) electrons. The molecule has 0 saturated carbocycles. The molecule has 2 aromatic carbocycles. The smallest absolute Gasteiger partial charge is 0.240 e. The molecule has 6 nitrogen and oxygen atoms in total. The zero-order chi connectivity index (χ0) is 19.5. The van der Waals surface area contributed by atoms with Gasteiger partial charge in [0.1, 0.15) is 17.1 Å². The predicted octanol–water partition coefficient (Wildman–Crippen LogP) is 3.30. The lowest BCUT2D eigenvalue weighted by Crippen LogP contribution is -2.43. The second-order valence-electron chi connectivity index (χ2n) is 6.93. The van der Waals surface area contributed by atoms with Crippen molar-refractivity contribution < 1.29 is 14.0 Å². The summed E-state index contributed by atoms with van der Waals surface area (Å²) in [5.74, 6) is -0.740. The van der Waals surface area contributed by atoms with Gasteiger partial charge in [0.05, 0.1) is 12.7 Å². The molecule has 0 saturated heterocycles. The molecule has 2 aliphatic rings. The van der Waals surface area contributed by atoms with E-state index in [4.69, 9.17) is 11.6 Å². The van der Waals surface area contributed by atoms with Crippen molar-refractivity contribution in [3.05, 3.63) is 76.2 Å². The van der Waals surface area contributed by atoms with Gasteiger partial charge in [-0.05, 0) is 35.4 Å². The van der Waals surface area contributed by atoms with Crippen molar-refractivity contribution in [1.82, 2.24) is 9.78 Å². The Labute approximate surface area is 164 Å². The van der Waals surface area contributed by atoms with Crippen LogP contribution in [0.3, 0.4) is 0 Å². The minimum atomic E-state index is -1.30. The number of carbonyl (C=O) groups is 2. The Bertz CT molecular complexity index is 1160. The van der Waals surface area contributed by atoms with Gasteiger partial charge in [-0.1, -0.05) is 29.8 Å². The third kappa shape index (κ3) is 2.29. The van der Waals surface area contributed by atoms with Gasteiger partial charge in [-0.15, -0.1) is 0 Å². The van der Waals surface area contributed by atoms with Crippen LogP contribution in [0.2, 0.25) is 5.02 Å². The van der Waals surface area contributed by atoms with E-state index >= 15 is 0 Å². The van der Waals surface area contributed by atoms with Crippen LogP contribution in [0.4, 0.5) is 15.9 Å². The highest BCUT2D eigenvalue weighted by molar-refractivity contribution is 6.31. The molecule has 2 N–H and O–H groups in total. The Morgan fingerprint density at radius 2 is 1.96 bits per heavy atom. The maximum Gasteiger partial charge on any atom is 0.240 e. The average Bonchev–Trinajstić information content (AvgIpc) is 3.18. The molecule has 0 aliphatic carbocycles. The number of hydrogen-bond donors (Lipinski definition) is 2. The summed E-state index contributed by atoms with van der Waals surface area (Å²) in [6.07, 6.45) is 1.45. The normalized spacial score (nSPS) is 19.9. The highest BCUT2D eigenvalue weighted by Gasteiger charge is 2.54. The number of halogens is 2. The first-order valence-corrected chi connectivity index (χ1v) is 9.08. The molecule has 1 aromatic heterocycles. The minimum Gasteiger partial charge on any atom is -0.325 e. The molecule has 2 aliphatic heterocycles. The van der Waals surface area contributed by atoms with Crippen molar-refractivity contribution in [3.63, 3.8) is 0 Å². The van der Waals surface area contributed by atoms with Gasteiger partial charge in [0.2, 0.25) is 11.8 Å².